The van der Waals surface area contributed by atoms with Gasteiger partial charge in [-0.3, -0.25) is 0 Å². The summed E-state index contributed by atoms with van der Waals surface area (Å²) in [4.78, 5) is 0.281. The summed E-state index contributed by atoms with van der Waals surface area (Å²) in [5.41, 5.74) is 1.02. The van der Waals surface area contributed by atoms with Crippen molar-refractivity contribution in [3.63, 3.8) is 0 Å². The number of sulfonamides is 1. The van der Waals surface area contributed by atoms with E-state index in [0.29, 0.717) is 13.0 Å². The lowest BCUT2D eigenvalue weighted by Crippen LogP contribution is -2.29. The molecule has 7 heteroatoms. The largest absolute Gasteiger partial charge is 0.242 e. The second-order valence-electron chi connectivity index (χ2n) is 7.37. The maximum Gasteiger partial charge on any atom is 0.240 e. The van der Waals surface area contributed by atoms with Crippen molar-refractivity contribution in [3.05, 3.63) is 42.5 Å². The maximum atomic E-state index is 12.5. The first kappa shape index (κ1) is 20.3. The number of aryl methyl sites for hydroxylation is 1. The molecule has 1 N–H and O–H groups in total. The molecule has 1 fully saturated rings. The Hall–Kier alpha value is -1.02. The van der Waals surface area contributed by atoms with E-state index in [1.165, 1.54) is 0 Å². The van der Waals surface area contributed by atoms with Gasteiger partial charge >= 0.3 is 0 Å². The minimum absolute atomic E-state index is 0.119. The number of hydrogen-bond acceptors (Lipinski definition) is 3. The first-order valence-corrected chi connectivity index (χ1v) is 11.1. The van der Waals surface area contributed by atoms with Crippen LogP contribution in [0.25, 0.3) is 0 Å². The predicted molar refractivity (Wildman–Crippen MR) is 103 cm³/mol. The van der Waals surface area contributed by atoms with Gasteiger partial charge in [-0.05, 0) is 52.7 Å². The first-order valence-electron chi connectivity index (χ1n) is 8.47. The lowest BCUT2D eigenvalue weighted by Gasteiger charge is -2.18. The molecule has 1 aliphatic rings. The Labute approximate surface area is 154 Å². The molecule has 1 aliphatic heterocycles. The molecule has 0 radical (unpaired) electrons. The SMILES string of the molecule is C=C[C@H]1[C@H](CCCNS(=O)(=O)c2ccc(C)cc2)N1S(=O)C(C)(C)C. The van der Waals surface area contributed by atoms with E-state index in [9.17, 15) is 12.6 Å². The van der Waals surface area contributed by atoms with E-state index in [1.54, 1.807) is 24.3 Å². The van der Waals surface area contributed by atoms with E-state index < -0.39 is 21.0 Å². The smallest absolute Gasteiger partial charge is 0.240 e. The predicted octanol–water partition coefficient (Wildman–Crippen LogP) is 2.75. The molecule has 4 atom stereocenters. The van der Waals surface area contributed by atoms with Gasteiger partial charge in [0.2, 0.25) is 10.0 Å². The molecule has 140 valence electrons. The van der Waals surface area contributed by atoms with Crippen LogP contribution >= 0.6 is 0 Å². The highest BCUT2D eigenvalue weighted by atomic mass is 32.2. The van der Waals surface area contributed by atoms with E-state index in [4.69, 9.17) is 0 Å². The van der Waals surface area contributed by atoms with Crippen LogP contribution in [-0.4, -0.2) is 40.3 Å². The van der Waals surface area contributed by atoms with E-state index >= 15 is 0 Å². The summed E-state index contributed by atoms with van der Waals surface area (Å²) in [6.07, 6.45) is 3.30. The van der Waals surface area contributed by atoms with Gasteiger partial charge in [0.15, 0.2) is 0 Å². The van der Waals surface area contributed by atoms with Crippen LogP contribution in [0, 0.1) is 6.92 Å². The van der Waals surface area contributed by atoms with Gasteiger partial charge in [-0.15, -0.1) is 6.58 Å². The molecule has 1 aromatic carbocycles. The summed E-state index contributed by atoms with van der Waals surface area (Å²) in [5, 5.41) is 0. The van der Waals surface area contributed by atoms with E-state index in [-0.39, 0.29) is 21.7 Å². The lowest BCUT2D eigenvalue weighted by molar-refractivity contribution is 0.567. The van der Waals surface area contributed by atoms with Gasteiger partial charge in [0.1, 0.15) is 11.0 Å². The third kappa shape index (κ3) is 5.00. The highest BCUT2D eigenvalue weighted by Gasteiger charge is 2.51. The molecule has 0 saturated carbocycles. The zero-order valence-electron chi connectivity index (χ0n) is 15.4. The van der Waals surface area contributed by atoms with Gasteiger partial charge < -0.3 is 0 Å². The van der Waals surface area contributed by atoms with Crippen LogP contribution in [0.5, 0.6) is 0 Å². The summed E-state index contributed by atoms with van der Waals surface area (Å²) < 4.78 is 41.3. The zero-order valence-corrected chi connectivity index (χ0v) is 17.0. The van der Waals surface area contributed by atoms with Crippen LogP contribution in [0.1, 0.15) is 39.2 Å². The number of rotatable bonds is 8. The molecule has 0 spiro atoms. The Bertz CT molecular complexity index is 737. The molecule has 2 unspecified atom stereocenters. The second kappa shape index (κ2) is 7.70. The molecule has 25 heavy (non-hydrogen) atoms. The number of nitrogens with one attached hydrogen (secondary N) is 1. The Morgan fingerprint density at radius 1 is 1.28 bits per heavy atom. The quantitative estimate of drug-likeness (QED) is 0.426. The molecule has 0 amide bonds. The standard InChI is InChI=1S/C18H28N2O3S2/c1-6-16-17(20(16)24(21)18(3,4)5)8-7-13-19-25(22,23)15-11-9-14(2)10-12-15/h6,9-12,16-17,19H,1,7-8,13H2,2-5H3/t16-,17-,20?,24?/m0/s1. The molecule has 2 rings (SSSR count). The number of benzene rings is 1. The topological polar surface area (TPSA) is 66.2 Å². The maximum absolute atomic E-state index is 12.5. The highest BCUT2D eigenvalue weighted by molar-refractivity contribution is 7.89. The Morgan fingerprint density at radius 2 is 1.88 bits per heavy atom. The van der Waals surface area contributed by atoms with Crippen LogP contribution in [-0.2, 0) is 21.0 Å². The molecule has 1 saturated heterocycles. The summed E-state index contributed by atoms with van der Waals surface area (Å²) in [6.45, 7) is 12.0. The van der Waals surface area contributed by atoms with Crippen molar-refractivity contribution in [2.75, 3.05) is 6.54 Å². The van der Waals surface area contributed by atoms with Crippen molar-refractivity contribution in [2.24, 2.45) is 0 Å². The van der Waals surface area contributed by atoms with Gasteiger partial charge in [-0.25, -0.2) is 21.7 Å². The van der Waals surface area contributed by atoms with Crippen LogP contribution in [0.2, 0.25) is 0 Å². The molecular weight excluding hydrogens is 356 g/mol. The van der Waals surface area contributed by atoms with Gasteiger partial charge in [-0.1, -0.05) is 23.8 Å². The zero-order chi connectivity index (χ0) is 18.8. The fourth-order valence-electron chi connectivity index (χ4n) is 2.70. The van der Waals surface area contributed by atoms with Crippen LogP contribution in [0.15, 0.2) is 41.8 Å². The Balaban J connectivity index is 1.84. The Kier molecular flexibility index (Phi) is 6.25. The average molecular weight is 385 g/mol. The van der Waals surface area contributed by atoms with Crippen molar-refractivity contribution in [3.8, 4) is 0 Å². The Morgan fingerprint density at radius 3 is 2.40 bits per heavy atom. The summed E-state index contributed by atoms with van der Waals surface area (Å²) in [6, 6.07) is 7.09. The third-order valence-corrected chi connectivity index (χ3v) is 7.60. The molecule has 0 aromatic heterocycles. The van der Waals surface area contributed by atoms with E-state index in [1.807, 2.05) is 38.1 Å². The number of hydrogen-bond donors (Lipinski definition) is 1. The van der Waals surface area contributed by atoms with Crippen molar-refractivity contribution >= 4 is 21.0 Å². The fraction of sp³-hybridized carbons (Fsp3) is 0.556. The van der Waals surface area contributed by atoms with Crippen molar-refractivity contribution < 1.29 is 12.6 Å². The van der Waals surface area contributed by atoms with Gasteiger partial charge in [0.05, 0.1) is 15.7 Å². The molecule has 0 bridgehead atoms. The normalized spacial score (nSPS) is 24.7. The second-order valence-corrected chi connectivity index (χ2v) is 11.3. The fourth-order valence-corrected chi connectivity index (χ4v) is 5.28. The van der Waals surface area contributed by atoms with Crippen LogP contribution in [0.4, 0.5) is 0 Å². The van der Waals surface area contributed by atoms with E-state index in [2.05, 4.69) is 11.3 Å². The lowest BCUT2D eigenvalue weighted by atomic mass is 10.2. The van der Waals surface area contributed by atoms with Gasteiger partial charge in [0.25, 0.3) is 0 Å². The minimum atomic E-state index is -3.47. The van der Waals surface area contributed by atoms with Crippen molar-refractivity contribution in [2.45, 2.75) is 62.3 Å². The van der Waals surface area contributed by atoms with E-state index in [0.717, 1.165) is 12.0 Å². The summed E-state index contributed by atoms with van der Waals surface area (Å²) >= 11 is 0. The van der Waals surface area contributed by atoms with Crippen LogP contribution in [0.3, 0.4) is 0 Å². The first-order chi connectivity index (χ1) is 11.6. The van der Waals surface area contributed by atoms with Crippen LogP contribution < -0.4 is 4.72 Å². The average Bonchev–Trinajstić information content (AvgIpc) is 3.23. The highest BCUT2D eigenvalue weighted by Crippen LogP contribution is 2.38. The third-order valence-electron chi connectivity index (χ3n) is 4.18. The van der Waals surface area contributed by atoms with Crippen molar-refractivity contribution in [1.29, 1.82) is 0 Å². The van der Waals surface area contributed by atoms with Crippen molar-refractivity contribution in [1.82, 2.24) is 9.03 Å². The summed E-state index contributed by atoms with van der Waals surface area (Å²) in [7, 11) is -4.54. The molecule has 1 heterocycles. The van der Waals surface area contributed by atoms with Gasteiger partial charge in [-0.2, -0.15) is 0 Å². The molecule has 1 aromatic rings. The summed E-state index contributed by atoms with van der Waals surface area (Å²) in [5.74, 6) is 0. The molecular formula is C18H28N2O3S2. The van der Waals surface area contributed by atoms with Gasteiger partial charge in [0, 0.05) is 12.6 Å². The monoisotopic (exact) mass is 384 g/mol. The number of nitrogens with zero attached hydrogens (tertiary/aromatic N) is 1. The molecule has 5 nitrogen and oxygen atoms in total. The molecule has 0 aliphatic carbocycles. The minimum Gasteiger partial charge on any atom is -0.242 e.